The van der Waals surface area contributed by atoms with Crippen LogP contribution in [0.25, 0.3) is 10.2 Å². The molecule has 0 saturated carbocycles. The van der Waals surface area contributed by atoms with E-state index in [9.17, 15) is 0 Å². The van der Waals surface area contributed by atoms with Crippen molar-refractivity contribution in [3.05, 3.63) is 33.3 Å². The fraction of sp³-hybridized carbons (Fsp3) is 0.333. The molecule has 4 rings (SSSR count). The molecule has 0 fully saturated rings. The summed E-state index contributed by atoms with van der Waals surface area (Å²) in [7, 11) is 1.86. The number of aryl methyl sites for hydroxylation is 1. The molecular weight excluding hydrogens is 300 g/mol. The van der Waals surface area contributed by atoms with Gasteiger partial charge in [-0.1, -0.05) is 0 Å². The van der Waals surface area contributed by atoms with Crippen LogP contribution in [-0.2, 0) is 6.42 Å². The molecule has 0 spiro atoms. The fourth-order valence-electron chi connectivity index (χ4n) is 2.88. The molecule has 3 aromatic heterocycles. The Labute approximate surface area is 131 Å². The van der Waals surface area contributed by atoms with Gasteiger partial charge in [-0.15, -0.1) is 22.7 Å². The number of aromatic nitrogens is 2. The minimum absolute atomic E-state index is 0.364. The maximum atomic E-state index is 4.62. The molecule has 0 amide bonds. The third-order valence-corrected chi connectivity index (χ3v) is 5.71. The predicted octanol–water partition coefficient (Wildman–Crippen LogP) is 4.28. The Morgan fingerprint density at radius 3 is 3.00 bits per heavy atom. The van der Waals surface area contributed by atoms with Crippen LogP contribution in [0.15, 0.2) is 22.9 Å². The Balaban J connectivity index is 1.73. The number of nitrogens with zero attached hydrogens (tertiary/aromatic N) is 2. The van der Waals surface area contributed by atoms with Gasteiger partial charge in [0.1, 0.15) is 10.6 Å². The van der Waals surface area contributed by atoms with Crippen molar-refractivity contribution in [2.45, 2.75) is 25.3 Å². The monoisotopic (exact) mass is 316 g/mol. The van der Waals surface area contributed by atoms with Gasteiger partial charge in [0.2, 0.25) is 5.95 Å². The highest BCUT2D eigenvalue weighted by molar-refractivity contribution is 7.16. The largest absolute Gasteiger partial charge is 0.363 e. The summed E-state index contributed by atoms with van der Waals surface area (Å²) in [5.74, 6) is 1.61. The van der Waals surface area contributed by atoms with Crippen molar-refractivity contribution in [3.8, 4) is 0 Å². The first-order chi connectivity index (χ1) is 10.3. The van der Waals surface area contributed by atoms with Gasteiger partial charge in [-0.3, -0.25) is 0 Å². The second-order valence-electron chi connectivity index (χ2n) is 5.17. The highest BCUT2D eigenvalue weighted by Gasteiger charge is 2.22. The summed E-state index contributed by atoms with van der Waals surface area (Å²) in [5, 5.41) is 12.1. The van der Waals surface area contributed by atoms with Crippen molar-refractivity contribution in [2.75, 3.05) is 17.7 Å². The Morgan fingerprint density at radius 1 is 1.19 bits per heavy atom. The lowest BCUT2D eigenvalue weighted by Gasteiger charge is -2.24. The Morgan fingerprint density at radius 2 is 2.10 bits per heavy atom. The normalized spacial score (nSPS) is 17.7. The number of anilines is 2. The summed E-state index contributed by atoms with van der Waals surface area (Å²) in [6.07, 6.45) is 3.61. The maximum Gasteiger partial charge on any atom is 0.225 e. The summed E-state index contributed by atoms with van der Waals surface area (Å²) < 4.78 is 0. The van der Waals surface area contributed by atoms with Gasteiger partial charge in [0.25, 0.3) is 0 Å². The number of fused-ring (bicyclic) bond motifs is 2. The van der Waals surface area contributed by atoms with Crippen molar-refractivity contribution in [1.82, 2.24) is 9.97 Å². The smallest absolute Gasteiger partial charge is 0.225 e. The Kier molecular flexibility index (Phi) is 3.27. The molecule has 6 heteroatoms. The Bertz CT molecular complexity index is 777. The van der Waals surface area contributed by atoms with E-state index in [1.54, 1.807) is 11.3 Å². The molecule has 0 saturated heterocycles. The molecule has 0 aliphatic heterocycles. The van der Waals surface area contributed by atoms with Crippen LogP contribution < -0.4 is 10.6 Å². The highest BCUT2D eigenvalue weighted by Crippen LogP contribution is 2.37. The topological polar surface area (TPSA) is 49.8 Å². The molecule has 0 aromatic carbocycles. The molecule has 108 valence electrons. The third-order valence-electron chi connectivity index (χ3n) is 3.91. The van der Waals surface area contributed by atoms with Crippen molar-refractivity contribution >= 4 is 44.7 Å². The summed E-state index contributed by atoms with van der Waals surface area (Å²) in [5.41, 5.74) is 1.44. The molecule has 4 nitrogen and oxygen atoms in total. The molecule has 1 atom stereocenters. The quantitative estimate of drug-likeness (QED) is 0.757. The number of thiophene rings is 2. The molecule has 3 aromatic rings. The van der Waals surface area contributed by atoms with Gasteiger partial charge >= 0.3 is 0 Å². The van der Waals surface area contributed by atoms with Gasteiger partial charge < -0.3 is 10.6 Å². The van der Waals surface area contributed by atoms with Crippen molar-refractivity contribution in [3.63, 3.8) is 0 Å². The van der Waals surface area contributed by atoms with Crippen LogP contribution in [0.1, 0.15) is 29.3 Å². The second-order valence-corrected chi connectivity index (χ2v) is 7.07. The van der Waals surface area contributed by atoms with E-state index in [2.05, 4.69) is 43.5 Å². The van der Waals surface area contributed by atoms with Crippen LogP contribution >= 0.6 is 22.7 Å². The van der Waals surface area contributed by atoms with Gasteiger partial charge in [0.15, 0.2) is 0 Å². The standard InChI is InChI=1S/C15H16N4S2/c1-16-15-18-13(10-6-8-21-14(10)19-15)17-11-3-2-4-12-9(11)5-7-20-12/h5-8,11H,2-4H2,1H3,(H2,16,17,18,19). The number of hydrogen-bond acceptors (Lipinski definition) is 6. The zero-order valence-corrected chi connectivity index (χ0v) is 13.4. The van der Waals surface area contributed by atoms with E-state index in [4.69, 9.17) is 0 Å². The summed E-state index contributed by atoms with van der Waals surface area (Å²) >= 11 is 3.52. The minimum Gasteiger partial charge on any atom is -0.363 e. The summed E-state index contributed by atoms with van der Waals surface area (Å²) in [6.45, 7) is 0. The molecule has 1 aliphatic rings. The average Bonchev–Trinajstić information content (AvgIpc) is 3.16. The minimum atomic E-state index is 0.364. The SMILES string of the molecule is CNc1nc(NC2CCCc3sccc32)c2ccsc2n1. The number of hydrogen-bond donors (Lipinski definition) is 2. The molecule has 3 heterocycles. The summed E-state index contributed by atoms with van der Waals surface area (Å²) in [6, 6.07) is 4.71. The fourth-order valence-corrected chi connectivity index (χ4v) is 4.63. The lowest BCUT2D eigenvalue weighted by Crippen LogP contribution is -2.17. The van der Waals surface area contributed by atoms with Crippen molar-refractivity contribution in [1.29, 1.82) is 0 Å². The first-order valence-electron chi connectivity index (χ1n) is 7.11. The van der Waals surface area contributed by atoms with Crippen LogP contribution in [0, 0.1) is 0 Å². The van der Waals surface area contributed by atoms with Gasteiger partial charge in [-0.05, 0) is 47.7 Å². The Hall–Kier alpha value is -1.66. The van der Waals surface area contributed by atoms with E-state index in [0.29, 0.717) is 12.0 Å². The molecule has 21 heavy (non-hydrogen) atoms. The van der Waals surface area contributed by atoms with Gasteiger partial charge in [-0.2, -0.15) is 4.98 Å². The van der Waals surface area contributed by atoms with Crippen LogP contribution in [0.5, 0.6) is 0 Å². The lowest BCUT2D eigenvalue weighted by atomic mass is 9.94. The average molecular weight is 316 g/mol. The molecular formula is C15H16N4S2. The highest BCUT2D eigenvalue weighted by atomic mass is 32.1. The molecule has 0 radical (unpaired) electrons. The first kappa shape index (κ1) is 13.0. The van der Waals surface area contributed by atoms with E-state index in [1.165, 1.54) is 23.3 Å². The van der Waals surface area contributed by atoms with Gasteiger partial charge in [0.05, 0.1) is 11.4 Å². The number of nitrogens with one attached hydrogen (secondary N) is 2. The lowest BCUT2D eigenvalue weighted by molar-refractivity contribution is 0.607. The van der Waals surface area contributed by atoms with Crippen LogP contribution in [-0.4, -0.2) is 17.0 Å². The van der Waals surface area contributed by atoms with E-state index in [1.807, 2.05) is 18.4 Å². The first-order valence-corrected chi connectivity index (χ1v) is 8.87. The van der Waals surface area contributed by atoms with E-state index in [0.717, 1.165) is 22.5 Å². The van der Waals surface area contributed by atoms with Gasteiger partial charge in [0, 0.05) is 11.9 Å². The molecule has 2 N–H and O–H groups in total. The van der Waals surface area contributed by atoms with Crippen molar-refractivity contribution < 1.29 is 0 Å². The second kappa shape index (κ2) is 5.27. The number of rotatable bonds is 3. The van der Waals surface area contributed by atoms with Crippen molar-refractivity contribution in [2.24, 2.45) is 0 Å². The third kappa shape index (κ3) is 2.28. The van der Waals surface area contributed by atoms with Gasteiger partial charge in [-0.25, -0.2) is 4.98 Å². The molecule has 1 unspecified atom stereocenters. The zero-order valence-electron chi connectivity index (χ0n) is 11.7. The van der Waals surface area contributed by atoms with Crippen LogP contribution in [0.4, 0.5) is 11.8 Å². The van der Waals surface area contributed by atoms with E-state index >= 15 is 0 Å². The van der Waals surface area contributed by atoms with Crippen LogP contribution in [0.3, 0.4) is 0 Å². The predicted molar refractivity (Wildman–Crippen MR) is 90.6 cm³/mol. The summed E-state index contributed by atoms with van der Waals surface area (Å²) in [4.78, 5) is 11.7. The maximum absolute atomic E-state index is 4.62. The zero-order chi connectivity index (χ0) is 14.2. The molecule has 0 bridgehead atoms. The van der Waals surface area contributed by atoms with Crippen LogP contribution in [0.2, 0.25) is 0 Å². The van der Waals surface area contributed by atoms with E-state index in [-0.39, 0.29) is 0 Å². The molecule has 1 aliphatic carbocycles. The van der Waals surface area contributed by atoms with E-state index < -0.39 is 0 Å².